The molecule has 29 heavy (non-hydrogen) atoms. The van der Waals surface area contributed by atoms with E-state index < -0.39 is 0 Å². The van der Waals surface area contributed by atoms with Crippen molar-refractivity contribution in [2.75, 3.05) is 51.8 Å². The molecule has 0 bridgehead atoms. The van der Waals surface area contributed by atoms with Crippen molar-refractivity contribution in [3.63, 3.8) is 0 Å². The van der Waals surface area contributed by atoms with E-state index >= 15 is 0 Å². The van der Waals surface area contributed by atoms with E-state index in [0.717, 1.165) is 18.7 Å². The summed E-state index contributed by atoms with van der Waals surface area (Å²) in [6, 6.07) is 4.97. The average molecular weight is 406 g/mol. The van der Waals surface area contributed by atoms with Gasteiger partial charge in [0.05, 0.1) is 39.9 Å². The van der Waals surface area contributed by atoms with E-state index in [0.29, 0.717) is 31.0 Å². The van der Waals surface area contributed by atoms with Crippen LogP contribution in [0.2, 0.25) is 0 Å². The third-order valence-electron chi connectivity index (χ3n) is 5.69. The summed E-state index contributed by atoms with van der Waals surface area (Å²) in [5.74, 6) is 1.17. The largest absolute Gasteiger partial charge is 0.493 e. The summed E-state index contributed by atoms with van der Waals surface area (Å²) in [5, 5.41) is 5.85. The Kier molecular flexibility index (Phi) is 7.57. The van der Waals surface area contributed by atoms with Crippen molar-refractivity contribution in [2.24, 2.45) is 0 Å². The second-order valence-electron chi connectivity index (χ2n) is 7.76. The number of carbonyl (C=O) groups excluding carboxylic acids is 2. The van der Waals surface area contributed by atoms with E-state index in [1.807, 2.05) is 6.07 Å². The van der Waals surface area contributed by atoms with Crippen molar-refractivity contribution < 1.29 is 24.0 Å². The summed E-state index contributed by atoms with van der Waals surface area (Å²) in [6.07, 6.45) is 5.25. The second-order valence-corrected chi connectivity index (χ2v) is 7.76. The van der Waals surface area contributed by atoms with E-state index in [1.54, 1.807) is 36.2 Å². The number of anilines is 1. The van der Waals surface area contributed by atoms with Gasteiger partial charge in [-0.2, -0.15) is 0 Å². The quantitative estimate of drug-likeness (QED) is 0.552. The number of likely N-dealkylation sites (tertiary alicyclic amines) is 1. The van der Waals surface area contributed by atoms with Gasteiger partial charge in [-0.25, -0.2) is 4.79 Å². The van der Waals surface area contributed by atoms with Crippen molar-refractivity contribution in [1.29, 1.82) is 0 Å². The highest BCUT2D eigenvalue weighted by Crippen LogP contribution is 2.33. The number of carbonyl (C=O) groups is 2. The first-order chi connectivity index (χ1) is 14.1. The van der Waals surface area contributed by atoms with Crippen LogP contribution in [0.15, 0.2) is 18.2 Å². The van der Waals surface area contributed by atoms with Gasteiger partial charge >= 0.3 is 6.03 Å². The molecule has 3 amide bonds. The Morgan fingerprint density at radius 2 is 1.93 bits per heavy atom. The fourth-order valence-corrected chi connectivity index (χ4v) is 4.13. The summed E-state index contributed by atoms with van der Waals surface area (Å²) in [4.78, 5) is 27.9. The van der Waals surface area contributed by atoms with Gasteiger partial charge in [-0.05, 0) is 31.4 Å². The number of nitrogens with one attached hydrogen (secondary N) is 3. The molecule has 0 aliphatic carbocycles. The fourth-order valence-electron chi connectivity index (χ4n) is 4.13. The highest BCUT2D eigenvalue weighted by Gasteiger charge is 2.32. The van der Waals surface area contributed by atoms with E-state index in [9.17, 15) is 9.59 Å². The van der Waals surface area contributed by atoms with Crippen LogP contribution in [-0.2, 0) is 4.79 Å². The van der Waals surface area contributed by atoms with Crippen LogP contribution in [0.25, 0.3) is 0 Å². The molecular weight excluding hydrogens is 372 g/mol. The molecular formula is C21H33N4O4+. The normalized spacial score (nSPS) is 19.9. The van der Waals surface area contributed by atoms with Crippen molar-refractivity contribution in [3.05, 3.63) is 18.2 Å². The van der Waals surface area contributed by atoms with Crippen molar-refractivity contribution in [3.8, 4) is 11.5 Å². The third kappa shape index (κ3) is 5.76. The lowest BCUT2D eigenvalue weighted by Gasteiger charge is -2.23. The van der Waals surface area contributed by atoms with Crippen molar-refractivity contribution in [2.45, 2.75) is 38.1 Å². The molecule has 160 valence electrons. The van der Waals surface area contributed by atoms with E-state index in [-0.39, 0.29) is 18.0 Å². The summed E-state index contributed by atoms with van der Waals surface area (Å²) >= 11 is 0. The van der Waals surface area contributed by atoms with Gasteiger partial charge in [0, 0.05) is 37.7 Å². The molecule has 2 aliphatic heterocycles. The standard InChI is InChI=1S/C21H32N4O4/c1-28-18-8-7-17(14-19(18)29-2)25-15-16(13-20(25)26)23-21(27)22-9-6-12-24-10-4-3-5-11-24/h7-8,14,16H,3-6,9-13,15H2,1-2H3,(H2,22,23,27)/p+1/t16-/m1/s1. The molecule has 2 aliphatic rings. The summed E-state index contributed by atoms with van der Waals surface area (Å²) in [5.41, 5.74) is 0.738. The van der Waals surface area contributed by atoms with Gasteiger partial charge in [0.2, 0.25) is 5.91 Å². The number of hydrogen-bond donors (Lipinski definition) is 3. The SMILES string of the molecule is COc1ccc(N2C[C@H](NC(=O)NCCC[NH+]3CCCCC3)CC2=O)cc1OC. The number of ether oxygens (including phenoxy) is 2. The molecule has 0 saturated carbocycles. The zero-order valence-corrected chi connectivity index (χ0v) is 17.5. The number of amides is 3. The van der Waals surface area contributed by atoms with Crippen LogP contribution in [0.5, 0.6) is 11.5 Å². The van der Waals surface area contributed by atoms with Crippen LogP contribution >= 0.6 is 0 Å². The van der Waals surface area contributed by atoms with E-state index in [1.165, 1.54) is 32.4 Å². The van der Waals surface area contributed by atoms with Crippen molar-refractivity contribution in [1.82, 2.24) is 10.6 Å². The Bertz CT molecular complexity index is 706. The Morgan fingerprint density at radius 3 is 2.66 bits per heavy atom. The molecule has 0 aromatic heterocycles. The third-order valence-corrected chi connectivity index (χ3v) is 5.69. The van der Waals surface area contributed by atoms with Gasteiger partial charge in [0.15, 0.2) is 11.5 Å². The number of rotatable bonds is 8. The Balaban J connectivity index is 1.43. The molecule has 1 aromatic rings. The molecule has 1 atom stereocenters. The van der Waals surface area contributed by atoms with Gasteiger partial charge < -0.3 is 29.9 Å². The van der Waals surface area contributed by atoms with Crippen LogP contribution in [0, 0.1) is 0 Å². The minimum Gasteiger partial charge on any atom is -0.493 e. The van der Waals surface area contributed by atoms with Crippen LogP contribution in [0.3, 0.4) is 0 Å². The summed E-state index contributed by atoms with van der Waals surface area (Å²) < 4.78 is 10.6. The molecule has 2 heterocycles. The first kappa shape index (κ1) is 21.2. The molecule has 0 spiro atoms. The van der Waals surface area contributed by atoms with Crippen LogP contribution in [0.1, 0.15) is 32.1 Å². The number of nitrogens with zero attached hydrogens (tertiary/aromatic N) is 1. The molecule has 1 aromatic carbocycles. The van der Waals surface area contributed by atoms with E-state index in [2.05, 4.69) is 10.6 Å². The van der Waals surface area contributed by atoms with Crippen molar-refractivity contribution >= 4 is 17.6 Å². The van der Waals surface area contributed by atoms with Gasteiger partial charge in [-0.15, -0.1) is 0 Å². The first-order valence-electron chi connectivity index (χ1n) is 10.5. The van der Waals surface area contributed by atoms with Gasteiger partial charge in [-0.1, -0.05) is 0 Å². The number of hydrogen-bond acceptors (Lipinski definition) is 4. The lowest BCUT2D eigenvalue weighted by Crippen LogP contribution is -3.12. The van der Waals surface area contributed by atoms with E-state index in [4.69, 9.17) is 9.47 Å². The topological polar surface area (TPSA) is 84.3 Å². The predicted molar refractivity (Wildman–Crippen MR) is 111 cm³/mol. The van der Waals surface area contributed by atoms with Gasteiger partial charge in [-0.3, -0.25) is 4.79 Å². The Hall–Kier alpha value is -2.48. The molecule has 0 unspecified atom stereocenters. The minimum atomic E-state index is -0.205. The zero-order valence-electron chi connectivity index (χ0n) is 17.5. The Morgan fingerprint density at radius 1 is 1.17 bits per heavy atom. The van der Waals surface area contributed by atoms with Gasteiger partial charge in [0.25, 0.3) is 0 Å². The molecule has 0 radical (unpaired) electrons. The molecule has 8 nitrogen and oxygen atoms in total. The number of benzene rings is 1. The number of quaternary nitrogens is 1. The first-order valence-corrected chi connectivity index (χ1v) is 10.5. The second kappa shape index (κ2) is 10.3. The molecule has 3 N–H and O–H groups in total. The van der Waals surface area contributed by atoms with Gasteiger partial charge in [0.1, 0.15) is 0 Å². The number of methoxy groups -OCH3 is 2. The van der Waals surface area contributed by atoms with Crippen LogP contribution in [-0.4, -0.2) is 64.9 Å². The molecule has 2 saturated heterocycles. The van der Waals surface area contributed by atoms with Crippen LogP contribution in [0.4, 0.5) is 10.5 Å². The Labute approximate surface area is 172 Å². The maximum Gasteiger partial charge on any atom is 0.315 e. The molecule has 3 rings (SSSR count). The molecule has 8 heteroatoms. The lowest BCUT2D eigenvalue weighted by atomic mass is 10.1. The summed E-state index contributed by atoms with van der Waals surface area (Å²) in [7, 11) is 3.14. The minimum absolute atomic E-state index is 0.0174. The number of urea groups is 1. The highest BCUT2D eigenvalue weighted by atomic mass is 16.5. The maximum atomic E-state index is 12.4. The smallest absolute Gasteiger partial charge is 0.315 e. The predicted octanol–water partition coefficient (Wildman–Crippen LogP) is 0.567. The summed E-state index contributed by atoms with van der Waals surface area (Å²) in [6.45, 7) is 4.72. The average Bonchev–Trinajstić information content (AvgIpc) is 3.11. The zero-order chi connectivity index (χ0) is 20.6. The maximum absolute atomic E-state index is 12.4. The number of piperidine rings is 1. The fraction of sp³-hybridized carbons (Fsp3) is 0.619. The highest BCUT2D eigenvalue weighted by molar-refractivity contribution is 5.97. The lowest BCUT2D eigenvalue weighted by molar-refractivity contribution is -0.904. The molecule has 2 fully saturated rings. The monoisotopic (exact) mass is 405 g/mol. The van der Waals surface area contributed by atoms with Crippen LogP contribution < -0.4 is 29.9 Å².